The summed E-state index contributed by atoms with van der Waals surface area (Å²) in [4.78, 5) is 22.2. The Balaban J connectivity index is 2.53. The summed E-state index contributed by atoms with van der Waals surface area (Å²) in [7, 11) is 0. The van der Waals surface area contributed by atoms with Crippen molar-refractivity contribution in [1.29, 1.82) is 0 Å². The molecular formula is C13H13F4NO3. The van der Waals surface area contributed by atoms with Crippen molar-refractivity contribution in [3.05, 3.63) is 35.4 Å². The Labute approximate surface area is 117 Å². The number of carbonyl (C=O) groups excluding carboxylic acids is 1. The maximum atomic E-state index is 12.6. The second-order valence-corrected chi connectivity index (χ2v) is 4.30. The molecule has 2 N–H and O–H groups in total. The highest BCUT2D eigenvalue weighted by Gasteiger charge is 2.40. The number of alkyl halides is 4. The number of hydrogen-bond acceptors (Lipinski definition) is 2. The van der Waals surface area contributed by atoms with Crippen molar-refractivity contribution in [3.63, 3.8) is 0 Å². The van der Waals surface area contributed by atoms with Gasteiger partial charge < -0.3 is 10.4 Å². The molecule has 0 spiro atoms. The Hall–Kier alpha value is -2.12. The van der Waals surface area contributed by atoms with Gasteiger partial charge in [-0.15, -0.1) is 0 Å². The molecule has 0 aliphatic carbocycles. The van der Waals surface area contributed by atoms with Gasteiger partial charge in [-0.1, -0.05) is 18.2 Å². The Morgan fingerprint density at radius 2 is 1.86 bits per heavy atom. The first-order valence-electron chi connectivity index (χ1n) is 5.98. The Morgan fingerprint density at radius 3 is 2.43 bits per heavy atom. The number of aromatic carboxylic acids is 1. The van der Waals surface area contributed by atoms with E-state index in [1.807, 2.05) is 0 Å². The van der Waals surface area contributed by atoms with Crippen LogP contribution in [-0.2, 0) is 11.2 Å². The van der Waals surface area contributed by atoms with Crippen LogP contribution in [0, 0.1) is 0 Å². The molecule has 8 heteroatoms. The molecule has 116 valence electrons. The number of carboxylic acid groups (broad SMARTS) is 1. The molecule has 0 bridgehead atoms. The van der Waals surface area contributed by atoms with E-state index < -0.39 is 30.8 Å². The lowest BCUT2D eigenvalue weighted by Gasteiger charge is -2.15. The minimum atomic E-state index is -4.28. The van der Waals surface area contributed by atoms with E-state index in [1.54, 1.807) is 11.4 Å². The molecule has 0 heterocycles. The number of amides is 1. The van der Waals surface area contributed by atoms with Gasteiger partial charge >= 0.3 is 18.3 Å². The molecule has 0 atom stereocenters. The van der Waals surface area contributed by atoms with Crippen molar-refractivity contribution < 1.29 is 32.3 Å². The average Bonchev–Trinajstić information content (AvgIpc) is 2.43. The molecule has 0 saturated carbocycles. The van der Waals surface area contributed by atoms with Gasteiger partial charge in [0, 0.05) is 6.42 Å². The van der Waals surface area contributed by atoms with E-state index in [2.05, 4.69) is 0 Å². The molecule has 0 aliphatic rings. The van der Waals surface area contributed by atoms with Crippen LogP contribution in [0.1, 0.15) is 22.3 Å². The molecule has 1 rings (SSSR count). The summed E-state index contributed by atoms with van der Waals surface area (Å²) in [5, 5.41) is 10.6. The average molecular weight is 307 g/mol. The molecule has 0 saturated heterocycles. The van der Waals surface area contributed by atoms with Crippen molar-refractivity contribution in [2.45, 2.75) is 25.2 Å². The molecule has 1 aromatic rings. The summed E-state index contributed by atoms with van der Waals surface area (Å²) in [6.45, 7) is -1.45. The summed E-state index contributed by atoms with van der Waals surface area (Å²) in [5.74, 6) is -6.31. The van der Waals surface area contributed by atoms with Gasteiger partial charge in [-0.05, 0) is 18.1 Å². The number of nitrogens with one attached hydrogen (secondary N) is 1. The van der Waals surface area contributed by atoms with Crippen LogP contribution in [0.15, 0.2) is 24.3 Å². The Kier molecular flexibility index (Phi) is 5.69. The molecule has 0 fully saturated rings. The second kappa shape index (κ2) is 7.05. The van der Waals surface area contributed by atoms with Crippen molar-refractivity contribution >= 4 is 11.9 Å². The van der Waals surface area contributed by atoms with Crippen LogP contribution < -0.4 is 5.32 Å². The number of rotatable bonds is 7. The van der Waals surface area contributed by atoms with Crippen LogP contribution >= 0.6 is 0 Å². The maximum absolute atomic E-state index is 12.6. The van der Waals surface area contributed by atoms with Crippen LogP contribution in [0.4, 0.5) is 17.6 Å². The van der Waals surface area contributed by atoms with E-state index in [4.69, 9.17) is 5.11 Å². The normalized spacial score (nSPS) is 11.5. The molecule has 1 aromatic carbocycles. The fraction of sp³-hybridized carbons (Fsp3) is 0.385. The van der Waals surface area contributed by atoms with E-state index in [0.717, 1.165) is 0 Å². The first-order chi connectivity index (χ1) is 9.74. The van der Waals surface area contributed by atoms with Crippen molar-refractivity contribution in [2.75, 3.05) is 6.54 Å². The smallest absolute Gasteiger partial charge is 0.335 e. The van der Waals surface area contributed by atoms with Crippen LogP contribution in [0.5, 0.6) is 0 Å². The summed E-state index contributed by atoms with van der Waals surface area (Å²) < 4.78 is 49.0. The standard InChI is InChI=1S/C13H13F4NO3/c14-12(15)13(16,17)7-18-10(19)6-5-8-3-1-2-4-9(8)11(20)21/h1-4,12H,5-7H2,(H,18,19)(H,20,21). The molecular weight excluding hydrogens is 294 g/mol. The number of aryl methyl sites for hydroxylation is 1. The molecule has 0 aromatic heterocycles. The number of carbonyl (C=O) groups is 2. The molecule has 0 aliphatic heterocycles. The lowest BCUT2D eigenvalue weighted by Crippen LogP contribution is -2.41. The zero-order chi connectivity index (χ0) is 16.0. The van der Waals surface area contributed by atoms with Gasteiger partial charge in [0.25, 0.3) is 0 Å². The fourth-order valence-electron chi connectivity index (χ4n) is 1.58. The molecule has 0 unspecified atom stereocenters. The minimum absolute atomic E-state index is 0.00297. The van der Waals surface area contributed by atoms with Crippen molar-refractivity contribution in [3.8, 4) is 0 Å². The quantitative estimate of drug-likeness (QED) is 0.760. The number of carboxylic acids is 1. The van der Waals surface area contributed by atoms with Gasteiger partial charge in [0.15, 0.2) is 0 Å². The molecule has 21 heavy (non-hydrogen) atoms. The van der Waals surface area contributed by atoms with E-state index in [1.165, 1.54) is 18.2 Å². The highest BCUT2D eigenvalue weighted by molar-refractivity contribution is 5.89. The van der Waals surface area contributed by atoms with Crippen LogP contribution in [0.2, 0.25) is 0 Å². The van der Waals surface area contributed by atoms with Gasteiger partial charge in [-0.25, -0.2) is 13.6 Å². The maximum Gasteiger partial charge on any atom is 0.335 e. The third kappa shape index (κ3) is 5.05. The van der Waals surface area contributed by atoms with Gasteiger partial charge in [-0.2, -0.15) is 8.78 Å². The van der Waals surface area contributed by atoms with Crippen molar-refractivity contribution in [1.82, 2.24) is 5.32 Å². The summed E-state index contributed by atoms with van der Waals surface area (Å²) >= 11 is 0. The zero-order valence-corrected chi connectivity index (χ0v) is 10.8. The first kappa shape index (κ1) is 16.9. The van der Waals surface area contributed by atoms with Crippen LogP contribution in [0.25, 0.3) is 0 Å². The molecule has 1 amide bonds. The Morgan fingerprint density at radius 1 is 1.24 bits per heavy atom. The van der Waals surface area contributed by atoms with E-state index in [0.29, 0.717) is 5.56 Å². The van der Waals surface area contributed by atoms with Crippen molar-refractivity contribution in [2.24, 2.45) is 0 Å². The summed E-state index contributed by atoms with van der Waals surface area (Å²) in [6.07, 6.45) is -4.12. The predicted octanol–water partition coefficient (Wildman–Crippen LogP) is 2.33. The SMILES string of the molecule is O=C(CCc1ccccc1C(=O)O)NCC(F)(F)C(F)F. The van der Waals surface area contributed by atoms with E-state index >= 15 is 0 Å². The van der Waals surface area contributed by atoms with Gasteiger partial charge in [-0.3, -0.25) is 4.79 Å². The summed E-state index contributed by atoms with van der Waals surface area (Å²) in [6, 6.07) is 5.92. The summed E-state index contributed by atoms with van der Waals surface area (Å²) in [5.41, 5.74) is 0.365. The third-order valence-corrected chi connectivity index (χ3v) is 2.71. The molecule has 4 nitrogen and oxygen atoms in total. The predicted molar refractivity (Wildman–Crippen MR) is 65.7 cm³/mol. The number of halogens is 4. The molecule has 0 radical (unpaired) electrons. The zero-order valence-electron chi connectivity index (χ0n) is 10.8. The van der Waals surface area contributed by atoms with Crippen LogP contribution in [-0.4, -0.2) is 35.9 Å². The fourth-order valence-corrected chi connectivity index (χ4v) is 1.58. The number of benzene rings is 1. The van der Waals surface area contributed by atoms with E-state index in [-0.39, 0.29) is 18.4 Å². The lowest BCUT2D eigenvalue weighted by molar-refractivity contribution is -0.136. The van der Waals surface area contributed by atoms with Gasteiger partial charge in [0.05, 0.1) is 12.1 Å². The lowest BCUT2D eigenvalue weighted by atomic mass is 10.0. The highest BCUT2D eigenvalue weighted by Crippen LogP contribution is 2.21. The Bertz CT molecular complexity index is 520. The van der Waals surface area contributed by atoms with Gasteiger partial charge in [0.1, 0.15) is 0 Å². The largest absolute Gasteiger partial charge is 0.478 e. The first-order valence-corrected chi connectivity index (χ1v) is 5.98. The van der Waals surface area contributed by atoms with E-state index in [9.17, 15) is 27.2 Å². The van der Waals surface area contributed by atoms with Crippen LogP contribution in [0.3, 0.4) is 0 Å². The highest BCUT2D eigenvalue weighted by atomic mass is 19.3. The third-order valence-electron chi connectivity index (χ3n) is 2.71. The number of hydrogen-bond donors (Lipinski definition) is 2. The topological polar surface area (TPSA) is 66.4 Å². The van der Waals surface area contributed by atoms with Gasteiger partial charge in [0.2, 0.25) is 5.91 Å². The second-order valence-electron chi connectivity index (χ2n) is 4.30. The monoisotopic (exact) mass is 307 g/mol. The minimum Gasteiger partial charge on any atom is -0.478 e.